The van der Waals surface area contributed by atoms with Crippen LogP contribution in [0.3, 0.4) is 0 Å². The lowest BCUT2D eigenvalue weighted by molar-refractivity contribution is -0.129. The summed E-state index contributed by atoms with van der Waals surface area (Å²) in [6, 6.07) is 11.5. The Balaban J connectivity index is 1.61. The number of amides is 2. The van der Waals surface area contributed by atoms with Gasteiger partial charge in [0.25, 0.3) is 5.91 Å². The highest BCUT2D eigenvalue weighted by Gasteiger charge is 2.33. The van der Waals surface area contributed by atoms with Crippen LogP contribution in [0.25, 0.3) is 10.9 Å². The van der Waals surface area contributed by atoms with Gasteiger partial charge in [-0.3, -0.25) is 14.6 Å². The molecule has 33 heavy (non-hydrogen) atoms. The molecule has 0 spiro atoms. The molecule has 0 aliphatic carbocycles. The van der Waals surface area contributed by atoms with Gasteiger partial charge in [-0.15, -0.1) is 0 Å². The van der Waals surface area contributed by atoms with E-state index in [2.05, 4.69) is 9.97 Å². The first-order valence-corrected chi connectivity index (χ1v) is 11.2. The average molecular weight is 447 g/mol. The highest BCUT2D eigenvalue weighted by atomic mass is 16.2. The molecule has 172 valence electrons. The lowest BCUT2D eigenvalue weighted by atomic mass is 10.0. The maximum absolute atomic E-state index is 13.3. The van der Waals surface area contributed by atoms with Gasteiger partial charge in [0.15, 0.2) is 0 Å². The monoisotopic (exact) mass is 446 g/mol. The Labute approximate surface area is 194 Å². The second-order valence-corrected chi connectivity index (χ2v) is 9.04. The van der Waals surface area contributed by atoms with Gasteiger partial charge in [-0.25, -0.2) is 9.97 Å². The first-order chi connectivity index (χ1) is 15.7. The zero-order valence-electron chi connectivity index (χ0n) is 19.8. The molecular weight excluding hydrogens is 416 g/mol. The number of likely N-dealkylation sites (tertiary alicyclic amines) is 1. The van der Waals surface area contributed by atoms with Crippen LogP contribution in [0, 0.1) is 0 Å². The van der Waals surface area contributed by atoms with Crippen molar-refractivity contribution in [2.75, 3.05) is 32.6 Å². The molecule has 2 aromatic heterocycles. The fraction of sp³-hybridized carbons (Fsp3) is 0.400. The highest BCUT2D eigenvalue weighted by molar-refractivity contribution is 6.05. The van der Waals surface area contributed by atoms with E-state index in [1.807, 2.05) is 68.1 Å². The van der Waals surface area contributed by atoms with E-state index >= 15 is 0 Å². The Morgan fingerprint density at radius 2 is 1.91 bits per heavy atom. The molecular formula is C25H30N6O2. The van der Waals surface area contributed by atoms with E-state index in [0.717, 1.165) is 16.9 Å². The Kier molecular flexibility index (Phi) is 6.26. The number of hydrogen-bond donors (Lipinski definition) is 0. The third-order valence-corrected chi connectivity index (χ3v) is 6.03. The van der Waals surface area contributed by atoms with Gasteiger partial charge in [0.1, 0.15) is 11.6 Å². The lowest BCUT2D eigenvalue weighted by Crippen LogP contribution is -2.32. The van der Waals surface area contributed by atoms with Crippen LogP contribution in [-0.2, 0) is 11.3 Å². The number of benzene rings is 1. The van der Waals surface area contributed by atoms with Crippen molar-refractivity contribution < 1.29 is 9.59 Å². The summed E-state index contributed by atoms with van der Waals surface area (Å²) in [5, 5.41) is 0.922. The number of aromatic nitrogens is 3. The van der Waals surface area contributed by atoms with E-state index in [9.17, 15) is 9.59 Å². The van der Waals surface area contributed by atoms with Gasteiger partial charge in [-0.1, -0.05) is 18.2 Å². The van der Waals surface area contributed by atoms with Crippen molar-refractivity contribution in [2.24, 2.45) is 0 Å². The molecule has 1 aromatic carbocycles. The van der Waals surface area contributed by atoms with Crippen LogP contribution in [0.1, 0.15) is 48.1 Å². The third-order valence-electron chi connectivity index (χ3n) is 6.03. The Morgan fingerprint density at radius 1 is 1.15 bits per heavy atom. The first-order valence-electron chi connectivity index (χ1n) is 11.2. The summed E-state index contributed by atoms with van der Waals surface area (Å²) in [5.41, 5.74) is 2.07. The number of hydrogen-bond acceptors (Lipinski definition) is 6. The highest BCUT2D eigenvalue weighted by Crippen LogP contribution is 2.30. The first kappa shape index (κ1) is 22.6. The number of pyridine rings is 1. The van der Waals surface area contributed by atoms with Gasteiger partial charge >= 0.3 is 0 Å². The second-order valence-electron chi connectivity index (χ2n) is 9.04. The van der Waals surface area contributed by atoms with Crippen LogP contribution in [0.2, 0.25) is 0 Å². The summed E-state index contributed by atoms with van der Waals surface area (Å²) < 4.78 is 0. The average Bonchev–Trinajstić information content (AvgIpc) is 3.20. The number of rotatable bonds is 6. The molecule has 3 heterocycles. The Hall–Kier alpha value is -3.55. The number of carbonyl (C=O) groups excluding carboxylic acids is 2. The van der Waals surface area contributed by atoms with Crippen LogP contribution >= 0.6 is 0 Å². The van der Waals surface area contributed by atoms with E-state index in [0.29, 0.717) is 29.9 Å². The van der Waals surface area contributed by atoms with Crippen molar-refractivity contribution in [2.45, 2.75) is 38.8 Å². The van der Waals surface area contributed by atoms with Gasteiger partial charge in [0.2, 0.25) is 5.91 Å². The van der Waals surface area contributed by atoms with Crippen molar-refractivity contribution in [1.29, 1.82) is 0 Å². The molecule has 1 fully saturated rings. The topological polar surface area (TPSA) is 82.5 Å². The molecule has 0 saturated carbocycles. The van der Waals surface area contributed by atoms with E-state index < -0.39 is 0 Å². The summed E-state index contributed by atoms with van der Waals surface area (Å²) in [4.78, 5) is 45.0. The molecule has 2 amide bonds. The van der Waals surface area contributed by atoms with Gasteiger partial charge in [-0.2, -0.15) is 0 Å². The molecule has 3 aromatic rings. The van der Waals surface area contributed by atoms with Crippen LogP contribution in [-0.4, -0.2) is 70.3 Å². The number of anilines is 1. The van der Waals surface area contributed by atoms with Crippen molar-refractivity contribution in [3.63, 3.8) is 0 Å². The minimum absolute atomic E-state index is 0.0172. The minimum Gasteiger partial charge on any atom is -0.363 e. The fourth-order valence-electron chi connectivity index (χ4n) is 4.21. The number of nitrogens with zero attached hydrogens (tertiary/aromatic N) is 6. The molecule has 1 atom stereocenters. The van der Waals surface area contributed by atoms with Crippen molar-refractivity contribution in [1.82, 2.24) is 24.8 Å². The molecule has 0 N–H and O–H groups in total. The molecule has 0 unspecified atom stereocenters. The summed E-state index contributed by atoms with van der Waals surface area (Å²) in [6.45, 7) is 4.96. The molecule has 0 radical (unpaired) electrons. The number of fused-ring (bicyclic) bond motifs is 1. The van der Waals surface area contributed by atoms with Crippen molar-refractivity contribution >= 4 is 28.5 Å². The zero-order valence-corrected chi connectivity index (χ0v) is 19.8. The predicted octanol–water partition coefficient (Wildman–Crippen LogP) is 3.09. The molecule has 1 saturated heterocycles. The quantitative estimate of drug-likeness (QED) is 0.579. The van der Waals surface area contributed by atoms with Crippen molar-refractivity contribution in [3.05, 3.63) is 59.7 Å². The summed E-state index contributed by atoms with van der Waals surface area (Å²) in [7, 11) is 5.59. The van der Waals surface area contributed by atoms with E-state index in [-0.39, 0.29) is 30.3 Å². The molecule has 8 heteroatoms. The Bertz CT molecular complexity index is 1190. The maximum atomic E-state index is 13.3. The van der Waals surface area contributed by atoms with Crippen LogP contribution in [0.15, 0.2) is 42.6 Å². The third kappa shape index (κ3) is 4.65. The van der Waals surface area contributed by atoms with Gasteiger partial charge in [0.05, 0.1) is 23.3 Å². The lowest BCUT2D eigenvalue weighted by Gasteiger charge is -2.22. The SMILES string of the molecule is CC(C)N1C[C@H](c2cc(N(C)C)nc(CN(C)C(=O)c3cccc4cccnc34)n2)CC1=O. The smallest absolute Gasteiger partial charge is 0.256 e. The van der Waals surface area contributed by atoms with Crippen LogP contribution in [0.4, 0.5) is 5.82 Å². The molecule has 0 bridgehead atoms. The normalized spacial score (nSPS) is 16.0. The maximum Gasteiger partial charge on any atom is 0.256 e. The predicted molar refractivity (Wildman–Crippen MR) is 128 cm³/mol. The number of para-hydroxylation sites is 1. The number of carbonyl (C=O) groups is 2. The molecule has 1 aliphatic rings. The van der Waals surface area contributed by atoms with Gasteiger partial charge < -0.3 is 14.7 Å². The van der Waals surface area contributed by atoms with Gasteiger partial charge in [-0.05, 0) is 26.0 Å². The largest absolute Gasteiger partial charge is 0.363 e. The second kappa shape index (κ2) is 9.13. The fourth-order valence-corrected chi connectivity index (χ4v) is 4.21. The minimum atomic E-state index is -0.137. The molecule has 8 nitrogen and oxygen atoms in total. The summed E-state index contributed by atoms with van der Waals surface area (Å²) >= 11 is 0. The Morgan fingerprint density at radius 3 is 2.61 bits per heavy atom. The van der Waals surface area contributed by atoms with E-state index in [4.69, 9.17) is 4.98 Å². The van der Waals surface area contributed by atoms with Crippen molar-refractivity contribution in [3.8, 4) is 0 Å². The summed E-state index contributed by atoms with van der Waals surface area (Å²) in [5.74, 6) is 1.34. The summed E-state index contributed by atoms with van der Waals surface area (Å²) in [6.07, 6.45) is 2.14. The van der Waals surface area contributed by atoms with Gasteiger partial charge in [0, 0.05) is 63.7 Å². The standard InChI is InChI=1S/C25H30N6O2/c1-16(2)31-14-18(12-23(31)32)20-13-22(29(3)4)28-21(27-20)15-30(5)25(33)19-10-6-8-17-9-7-11-26-24(17)19/h6-11,13,16,18H,12,14-15H2,1-5H3/t18-/m1/s1. The van der Waals surface area contributed by atoms with E-state index in [1.54, 1.807) is 24.2 Å². The van der Waals surface area contributed by atoms with E-state index in [1.165, 1.54) is 0 Å². The van der Waals surface area contributed by atoms with Crippen LogP contribution in [0.5, 0.6) is 0 Å². The van der Waals surface area contributed by atoms with Crippen LogP contribution < -0.4 is 4.90 Å². The molecule has 4 rings (SSSR count). The zero-order chi connectivity index (χ0) is 23.7. The molecule has 1 aliphatic heterocycles.